The number of hydrogen-bond donors (Lipinski definition) is 2. The number of hydrogen-bond acceptors (Lipinski definition) is 3. The molecule has 0 aliphatic heterocycles. The van der Waals surface area contributed by atoms with Crippen molar-refractivity contribution in [3.05, 3.63) is 57.8 Å². The van der Waals surface area contributed by atoms with E-state index in [1.54, 1.807) is 11.3 Å². The highest BCUT2D eigenvalue weighted by molar-refractivity contribution is 7.07. The molecular formula is C15H19NOS. The highest BCUT2D eigenvalue weighted by atomic mass is 32.1. The second-order valence-electron chi connectivity index (χ2n) is 4.61. The first-order valence-electron chi connectivity index (χ1n) is 6.17. The van der Waals surface area contributed by atoms with E-state index in [-0.39, 0.29) is 6.04 Å². The number of aliphatic hydroxyl groups excluding tert-OH is 1. The summed E-state index contributed by atoms with van der Waals surface area (Å²) in [5.41, 5.74) is 3.51. The van der Waals surface area contributed by atoms with Gasteiger partial charge in [0.25, 0.3) is 0 Å². The minimum atomic E-state index is -0.427. The van der Waals surface area contributed by atoms with Gasteiger partial charge in [0.1, 0.15) is 0 Å². The van der Waals surface area contributed by atoms with E-state index in [0.29, 0.717) is 6.54 Å². The molecule has 2 unspecified atom stereocenters. The molecule has 0 saturated heterocycles. The lowest BCUT2D eigenvalue weighted by atomic mass is 10.1. The van der Waals surface area contributed by atoms with Gasteiger partial charge in [-0.1, -0.05) is 29.8 Å². The molecule has 0 aliphatic carbocycles. The topological polar surface area (TPSA) is 32.3 Å². The molecule has 3 heteroatoms. The summed E-state index contributed by atoms with van der Waals surface area (Å²) in [5.74, 6) is 0. The quantitative estimate of drug-likeness (QED) is 0.864. The number of thiophene rings is 1. The fourth-order valence-electron chi connectivity index (χ4n) is 1.84. The Labute approximate surface area is 112 Å². The maximum Gasteiger partial charge on any atom is 0.0922 e. The van der Waals surface area contributed by atoms with Crippen LogP contribution in [0, 0.1) is 6.92 Å². The smallest absolute Gasteiger partial charge is 0.0922 e. The molecular weight excluding hydrogens is 242 g/mol. The second kappa shape index (κ2) is 6.14. The van der Waals surface area contributed by atoms with Crippen molar-refractivity contribution in [2.45, 2.75) is 26.0 Å². The Hall–Kier alpha value is -1.16. The molecule has 2 atom stereocenters. The minimum Gasteiger partial charge on any atom is -0.387 e. The monoisotopic (exact) mass is 261 g/mol. The van der Waals surface area contributed by atoms with Crippen molar-refractivity contribution in [2.24, 2.45) is 0 Å². The molecule has 2 aromatic rings. The average molecular weight is 261 g/mol. The summed E-state index contributed by atoms with van der Waals surface area (Å²) in [6.45, 7) is 4.78. The van der Waals surface area contributed by atoms with Crippen LogP contribution in [0.2, 0.25) is 0 Å². The lowest BCUT2D eigenvalue weighted by Gasteiger charge is -2.17. The molecule has 1 aromatic carbocycles. The normalized spacial score (nSPS) is 14.4. The van der Waals surface area contributed by atoms with E-state index in [4.69, 9.17) is 0 Å². The van der Waals surface area contributed by atoms with Gasteiger partial charge in [-0.05, 0) is 41.8 Å². The fraction of sp³-hybridized carbons (Fsp3) is 0.333. The highest BCUT2D eigenvalue weighted by Crippen LogP contribution is 2.18. The van der Waals surface area contributed by atoms with Crippen molar-refractivity contribution in [3.8, 4) is 0 Å². The maximum atomic E-state index is 9.99. The Kier molecular flexibility index (Phi) is 4.53. The highest BCUT2D eigenvalue weighted by Gasteiger charge is 2.10. The lowest BCUT2D eigenvalue weighted by molar-refractivity contribution is 0.171. The van der Waals surface area contributed by atoms with E-state index >= 15 is 0 Å². The summed E-state index contributed by atoms with van der Waals surface area (Å²) in [5, 5.41) is 17.3. The van der Waals surface area contributed by atoms with Crippen LogP contribution in [0.15, 0.2) is 41.1 Å². The van der Waals surface area contributed by atoms with Crippen molar-refractivity contribution >= 4 is 11.3 Å². The van der Waals surface area contributed by atoms with Gasteiger partial charge in [-0.25, -0.2) is 0 Å². The molecule has 0 amide bonds. The van der Waals surface area contributed by atoms with Gasteiger partial charge in [0.05, 0.1) is 6.10 Å². The Balaban J connectivity index is 1.88. The number of rotatable bonds is 5. The van der Waals surface area contributed by atoms with Gasteiger partial charge in [-0.2, -0.15) is 11.3 Å². The van der Waals surface area contributed by atoms with Crippen molar-refractivity contribution in [3.63, 3.8) is 0 Å². The molecule has 0 bridgehead atoms. The molecule has 18 heavy (non-hydrogen) atoms. The van der Waals surface area contributed by atoms with E-state index in [1.807, 2.05) is 16.8 Å². The molecule has 1 heterocycles. The molecule has 96 valence electrons. The second-order valence-corrected chi connectivity index (χ2v) is 5.39. The van der Waals surface area contributed by atoms with Gasteiger partial charge >= 0.3 is 0 Å². The fourth-order valence-corrected chi connectivity index (χ4v) is 2.55. The molecule has 1 aromatic heterocycles. The van der Waals surface area contributed by atoms with Crippen LogP contribution in [-0.2, 0) is 0 Å². The lowest BCUT2D eigenvalue weighted by Crippen LogP contribution is -2.24. The Morgan fingerprint density at radius 1 is 1.17 bits per heavy atom. The Morgan fingerprint density at radius 2 is 1.89 bits per heavy atom. The summed E-state index contributed by atoms with van der Waals surface area (Å²) in [6, 6.07) is 10.7. The third-order valence-corrected chi connectivity index (χ3v) is 3.82. The molecule has 2 N–H and O–H groups in total. The van der Waals surface area contributed by atoms with E-state index in [0.717, 1.165) is 5.56 Å². The minimum absolute atomic E-state index is 0.249. The van der Waals surface area contributed by atoms with Gasteiger partial charge in [-0.15, -0.1) is 0 Å². The summed E-state index contributed by atoms with van der Waals surface area (Å²) < 4.78 is 0. The third-order valence-electron chi connectivity index (χ3n) is 3.12. The van der Waals surface area contributed by atoms with E-state index in [9.17, 15) is 5.11 Å². The number of nitrogens with one attached hydrogen (secondary N) is 1. The molecule has 0 fully saturated rings. The van der Waals surface area contributed by atoms with Crippen molar-refractivity contribution in [2.75, 3.05) is 6.54 Å². The van der Waals surface area contributed by atoms with E-state index in [2.05, 4.69) is 43.4 Å². The molecule has 0 aliphatic rings. The van der Waals surface area contributed by atoms with Crippen LogP contribution < -0.4 is 5.32 Å². The van der Waals surface area contributed by atoms with Gasteiger partial charge in [-0.3, -0.25) is 0 Å². The van der Waals surface area contributed by atoms with Crippen molar-refractivity contribution in [1.82, 2.24) is 5.32 Å². The van der Waals surface area contributed by atoms with Crippen LogP contribution >= 0.6 is 11.3 Å². The molecule has 2 rings (SSSR count). The zero-order valence-electron chi connectivity index (χ0n) is 10.8. The maximum absolute atomic E-state index is 9.99. The van der Waals surface area contributed by atoms with E-state index in [1.165, 1.54) is 11.1 Å². The number of benzene rings is 1. The van der Waals surface area contributed by atoms with E-state index < -0.39 is 6.10 Å². The number of aliphatic hydroxyl groups is 1. The zero-order valence-corrected chi connectivity index (χ0v) is 11.6. The van der Waals surface area contributed by atoms with Crippen LogP contribution in [0.5, 0.6) is 0 Å². The first kappa shape index (κ1) is 13.3. The summed E-state index contributed by atoms with van der Waals surface area (Å²) in [4.78, 5) is 0. The van der Waals surface area contributed by atoms with Crippen LogP contribution in [0.25, 0.3) is 0 Å². The van der Waals surface area contributed by atoms with Gasteiger partial charge in [0, 0.05) is 12.6 Å². The van der Waals surface area contributed by atoms with Crippen LogP contribution in [0.3, 0.4) is 0 Å². The van der Waals surface area contributed by atoms with Gasteiger partial charge in [0.2, 0.25) is 0 Å². The first-order chi connectivity index (χ1) is 8.66. The predicted molar refractivity (Wildman–Crippen MR) is 76.9 cm³/mol. The molecule has 0 saturated carbocycles. The molecule has 0 radical (unpaired) electrons. The van der Waals surface area contributed by atoms with Crippen molar-refractivity contribution in [1.29, 1.82) is 0 Å². The summed E-state index contributed by atoms with van der Waals surface area (Å²) >= 11 is 1.61. The van der Waals surface area contributed by atoms with Crippen molar-refractivity contribution < 1.29 is 5.11 Å². The Bertz CT molecular complexity index is 464. The number of aryl methyl sites for hydroxylation is 1. The first-order valence-corrected chi connectivity index (χ1v) is 7.11. The van der Waals surface area contributed by atoms with Gasteiger partial charge < -0.3 is 10.4 Å². The molecule has 0 spiro atoms. The molecule has 2 nitrogen and oxygen atoms in total. The van der Waals surface area contributed by atoms with Crippen LogP contribution in [-0.4, -0.2) is 11.7 Å². The zero-order chi connectivity index (χ0) is 13.0. The van der Waals surface area contributed by atoms with Crippen LogP contribution in [0.4, 0.5) is 0 Å². The SMILES string of the molecule is Cc1ccc(C(C)NCC(O)c2ccsc2)cc1. The standard InChI is InChI=1S/C15H19NOS/c1-11-3-5-13(6-4-11)12(2)16-9-15(17)14-7-8-18-10-14/h3-8,10,12,15-17H,9H2,1-2H3. The summed E-state index contributed by atoms with van der Waals surface area (Å²) in [6.07, 6.45) is -0.427. The average Bonchev–Trinajstić information content (AvgIpc) is 2.90. The largest absolute Gasteiger partial charge is 0.387 e. The van der Waals surface area contributed by atoms with Crippen LogP contribution in [0.1, 0.15) is 35.8 Å². The predicted octanol–water partition coefficient (Wildman–Crippen LogP) is 3.44. The van der Waals surface area contributed by atoms with Gasteiger partial charge in [0.15, 0.2) is 0 Å². The Morgan fingerprint density at radius 3 is 2.50 bits per heavy atom. The summed E-state index contributed by atoms with van der Waals surface area (Å²) in [7, 11) is 0. The third kappa shape index (κ3) is 3.42.